The van der Waals surface area contributed by atoms with Crippen molar-refractivity contribution < 1.29 is 15.3 Å². The number of rotatable bonds is 9. The second-order valence-corrected chi connectivity index (χ2v) is 10.3. The fourth-order valence-electron chi connectivity index (χ4n) is 6.12. The molecule has 1 saturated carbocycles. The van der Waals surface area contributed by atoms with Gasteiger partial charge in [0.15, 0.2) is 0 Å². The normalized spacial score (nSPS) is 15.8. The molecule has 0 aliphatic heterocycles. The first-order chi connectivity index (χ1) is 17.0. The minimum Gasteiger partial charge on any atom is -0.508 e. The van der Waals surface area contributed by atoms with Crippen LogP contribution in [0.2, 0.25) is 0 Å². The van der Waals surface area contributed by atoms with E-state index in [4.69, 9.17) is 0 Å². The predicted octanol–water partition coefficient (Wildman–Crippen LogP) is 8.13. The van der Waals surface area contributed by atoms with Crippen LogP contribution in [0.1, 0.15) is 98.9 Å². The number of aromatic hydroxyl groups is 3. The van der Waals surface area contributed by atoms with Crippen LogP contribution in [0.4, 0.5) is 0 Å². The Hall–Kier alpha value is -2.94. The van der Waals surface area contributed by atoms with Gasteiger partial charge in [0.1, 0.15) is 17.2 Å². The van der Waals surface area contributed by atoms with E-state index in [0.717, 1.165) is 64.2 Å². The second-order valence-electron chi connectivity index (χ2n) is 10.3. The molecule has 186 valence electrons. The molecule has 3 nitrogen and oxygen atoms in total. The van der Waals surface area contributed by atoms with Gasteiger partial charge in [0, 0.05) is 5.41 Å². The molecule has 0 aromatic heterocycles. The highest BCUT2D eigenvalue weighted by Crippen LogP contribution is 2.51. The Balaban J connectivity index is 1.80. The summed E-state index contributed by atoms with van der Waals surface area (Å²) in [5.74, 6) is 1.46. The van der Waals surface area contributed by atoms with E-state index in [2.05, 4.69) is 38.1 Å². The minimum absolute atomic E-state index is 0.138. The van der Waals surface area contributed by atoms with Crippen LogP contribution in [-0.2, 0) is 18.3 Å². The van der Waals surface area contributed by atoms with Gasteiger partial charge in [0.05, 0.1) is 0 Å². The van der Waals surface area contributed by atoms with Crippen molar-refractivity contribution in [3.8, 4) is 17.2 Å². The Morgan fingerprint density at radius 3 is 1.57 bits per heavy atom. The number of phenolic OH excluding ortho intramolecular Hbond substituents is 3. The topological polar surface area (TPSA) is 60.7 Å². The van der Waals surface area contributed by atoms with E-state index < -0.39 is 0 Å². The number of aryl methyl sites for hydroxylation is 2. The molecule has 3 N–H and O–H groups in total. The van der Waals surface area contributed by atoms with Crippen LogP contribution >= 0.6 is 0 Å². The van der Waals surface area contributed by atoms with Crippen LogP contribution in [0, 0.1) is 0 Å². The number of hydrogen-bond donors (Lipinski definition) is 3. The van der Waals surface area contributed by atoms with Crippen molar-refractivity contribution in [3.05, 3.63) is 88.5 Å². The first-order valence-corrected chi connectivity index (χ1v) is 13.4. The van der Waals surface area contributed by atoms with Crippen molar-refractivity contribution in [1.29, 1.82) is 0 Å². The maximum atomic E-state index is 10.4. The molecule has 1 fully saturated rings. The average molecular weight is 473 g/mol. The zero-order chi connectivity index (χ0) is 24.8. The van der Waals surface area contributed by atoms with E-state index >= 15 is 0 Å². The van der Waals surface area contributed by atoms with Gasteiger partial charge in [0.25, 0.3) is 0 Å². The molecule has 4 rings (SSSR count). The van der Waals surface area contributed by atoms with E-state index in [1.165, 1.54) is 27.8 Å². The van der Waals surface area contributed by atoms with E-state index in [9.17, 15) is 15.3 Å². The van der Waals surface area contributed by atoms with Gasteiger partial charge in [0.2, 0.25) is 0 Å². The maximum absolute atomic E-state index is 10.4. The Morgan fingerprint density at radius 1 is 0.657 bits per heavy atom. The summed E-state index contributed by atoms with van der Waals surface area (Å²) in [4.78, 5) is 0. The van der Waals surface area contributed by atoms with Crippen LogP contribution < -0.4 is 0 Å². The first-order valence-electron chi connectivity index (χ1n) is 13.4. The molecule has 1 aliphatic carbocycles. The third-order valence-corrected chi connectivity index (χ3v) is 8.01. The summed E-state index contributed by atoms with van der Waals surface area (Å²) in [7, 11) is 0. The molecular weight excluding hydrogens is 432 g/mol. The maximum Gasteiger partial charge on any atom is 0.115 e. The molecule has 3 aromatic carbocycles. The van der Waals surface area contributed by atoms with Gasteiger partial charge in [-0.05, 0) is 121 Å². The van der Waals surface area contributed by atoms with Crippen LogP contribution in [0.15, 0.2) is 60.7 Å². The summed E-state index contributed by atoms with van der Waals surface area (Å²) >= 11 is 0. The fraction of sp³-hybridized carbons (Fsp3) is 0.438. The second kappa shape index (κ2) is 11.2. The number of benzene rings is 3. The third-order valence-electron chi connectivity index (χ3n) is 8.01. The van der Waals surface area contributed by atoms with Gasteiger partial charge in [-0.3, -0.25) is 0 Å². The lowest BCUT2D eigenvalue weighted by molar-refractivity contribution is 0.310. The Bertz CT molecular complexity index is 1050. The van der Waals surface area contributed by atoms with Crippen molar-refractivity contribution in [3.63, 3.8) is 0 Å². The Kier molecular flexibility index (Phi) is 8.05. The summed E-state index contributed by atoms with van der Waals surface area (Å²) in [5.41, 5.74) is 6.35. The number of unbranched alkanes of at least 4 members (excludes halogenated alkanes) is 2. The molecule has 0 heterocycles. The molecule has 0 saturated heterocycles. The number of phenols is 3. The lowest BCUT2D eigenvalue weighted by Gasteiger charge is -2.44. The quantitative estimate of drug-likeness (QED) is 0.294. The summed E-state index contributed by atoms with van der Waals surface area (Å²) < 4.78 is 0. The van der Waals surface area contributed by atoms with Gasteiger partial charge in [-0.25, -0.2) is 0 Å². The standard InChI is InChI=1S/C32H40O3/c1-3-5-7-25-21-28(34)13-15-30(25)32(31-16-14-29(35)22-26(31)8-6-4-2)19-17-24(18-20-32)23-9-11-27(33)12-10-23/h9-16,21-22,24,33-35H,3-8,17-20H2,1-2H3. The SMILES string of the molecule is CCCCc1cc(O)ccc1C1(c2ccc(O)cc2CCCC)CCC(c2ccc(O)cc2)CC1. The predicted molar refractivity (Wildman–Crippen MR) is 144 cm³/mol. The smallest absolute Gasteiger partial charge is 0.115 e. The summed E-state index contributed by atoms with van der Waals surface area (Å²) in [6.07, 6.45) is 10.5. The summed E-state index contributed by atoms with van der Waals surface area (Å²) in [6.45, 7) is 4.42. The first kappa shape index (κ1) is 25.2. The van der Waals surface area contributed by atoms with E-state index in [-0.39, 0.29) is 5.41 Å². The molecule has 3 heteroatoms. The summed E-state index contributed by atoms with van der Waals surface area (Å²) in [6, 6.07) is 19.7. The Morgan fingerprint density at radius 2 is 1.11 bits per heavy atom. The van der Waals surface area contributed by atoms with Gasteiger partial charge < -0.3 is 15.3 Å². The molecule has 0 unspecified atom stereocenters. The molecule has 3 aromatic rings. The van der Waals surface area contributed by atoms with Crippen LogP contribution in [-0.4, -0.2) is 15.3 Å². The zero-order valence-corrected chi connectivity index (χ0v) is 21.3. The van der Waals surface area contributed by atoms with Crippen LogP contribution in [0.25, 0.3) is 0 Å². The van der Waals surface area contributed by atoms with Gasteiger partial charge in [-0.2, -0.15) is 0 Å². The number of hydrogen-bond acceptors (Lipinski definition) is 3. The highest BCUT2D eigenvalue weighted by Gasteiger charge is 2.41. The van der Waals surface area contributed by atoms with E-state index in [1.54, 1.807) is 12.1 Å². The monoisotopic (exact) mass is 472 g/mol. The average Bonchev–Trinajstić information content (AvgIpc) is 2.87. The molecule has 0 atom stereocenters. The molecule has 1 aliphatic rings. The summed E-state index contributed by atoms with van der Waals surface area (Å²) in [5, 5.41) is 30.5. The van der Waals surface area contributed by atoms with Crippen molar-refractivity contribution >= 4 is 0 Å². The minimum atomic E-state index is -0.138. The largest absolute Gasteiger partial charge is 0.508 e. The van der Waals surface area contributed by atoms with E-state index in [1.807, 2.05) is 24.3 Å². The Labute approximate surface area is 210 Å². The van der Waals surface area contributed by atoms with Crippen molar-refractivity contribution in [2.75, 3.05) is 0 Å². The lowest BCUT2D eigenvalue weighted by Crippen LogP contribution is -2.34. The van der Waals surface area contributed by atoms with Crippen molar-refractivity contribution in [2.24, 2.45) is 0 Å². The molecular formula is C32H40O3. The van der Waals surface area contributed by atoms with Crippen molar-refractivity contribution in [2.45, 2.75) is 89.4 Å². The lowest BCUT2D eigenvalue weighted by atomic mass is 9.60. The highest BCUT2D eigenvalue weighted by atomic mass is 16.3. The van der Waals surface area contributed by atoms with Gasteiger partial charge in [-0.1, -0.05) is 51.0 Å². The zero-order valence-electron chi connectivity index (χ0n) is 21.3. The third kappa shape index (κ3) is 5.50. The van der Waals surface area contributed by atoms with Gasteiger partial charge in [-0.15, -0.1) is 0 Å². The van der Waals surface area contributed by atoms with Gasteiger partial charge >= 0.3 is 0 Å². The molecule has 35 heavy (non-hydrogen) atoms. The molecule has 0 amide bonds. The fourth-order valence-corrected chi connectivity index (χ4v) is 6.12. The highest BCUT2D eigenvalue weighted by molar-refractivity contribution is 5.51. The van der Waals surface area contributed by atoms with Crippen molar-refractivity contribution in [1.82, 2.24) is 0 Å². The van der Waals surface area contributed by atoms with E-state index in [0.29, 0.717) is 23.2 Å². The molecule has 0 spiro atoms. The van der Waals surface area contributed by atoms with Crippen LogP contribution in [0.3, 0.4) is 0 Å². The molecule has 0 radical (unpaired) electrons. The molecule has 0 bridgehead atoms. The van der Waals surface area contributed by atoms with Crippen LogP contribution in [0.5, 0.6) is 17.2 Å².